The van der Waals surface area contributed by atoms with E-state index in [1.54, 1.807) is 41.3 Å². The highest BCUT2D eigenvalue weighted by Gasteiger charge is 2.31. The Morgan fingerprint density at radius 3 is 2.00 bits per heavy atom. The van der Waals surface area contributed by atoms with Crippen LogP contribution in [0.2, 0.25) is 5.02 Å². The zero-order valence-electron chi connectivity index (χ0n) is 16.8. The van der Waals surface area contributed by atoms with Crippen molar-refractivity contribution >= 4 is 51.3 Å². The molecule has 0 aliphatic carbocycles. The maximum Gasteiger partial charge on any atom is 0.258 e. The maximum absolute atomic E-state index is 14.1. The van der Waals surface area contributed by atoms with Crippen LogP contribution < -0.4 is 10.2 Å². The molecule has 1 fully saturated rings. The summed E-state index contributed by atoms with van der Waals surface area (Å²) in [7, 11) is 0. The van der Waals surface area contributed by atoms with E-state index in [0.717, 1.165) is 4.90 Å². The highest BCUT2D eigenvalue weighted by molar-refractivity contribution is 7.80. The molecule has 4 nitrogen and oxygen atoms in total. The van der Waals surface area contributed by atoms with Crippen molar-refractivity contribution < 1.29 is 26.7 Å². The summed E-state index contributed by atoms with van der Waals surface area (Å²) in [6.45, 7) is 0.0520. The van der Waals surface area contributed by atoms with E-state index in [2.05, 4.69) is 5.32 Å². The summed E-state index contributed by atoms with van der Waals surface area (Å²) in [5.41, 5.74) is -0.619. The number of fused-ring (bicyclic) bond motifs is 1. The van der Waals surface area contributed by atoms with Gasteiger partial charge in [0.1, 0.15) is 5.69 Å². The average Bonchev–Trinajstić information content (AvgIpc) is 2.82. The highest BCUT2D eigenvalue weighted by Crippen LogP contribution is 2.31. The number of halogens is 6. The molecular weight excluding hydrogens is 485 g/mol. The predicted octanol–water partition coefficient (Wildman–Crippen LogP) is 5.03. The predicted molar refractivity (Wildman–Crippen MR) is 119 cm³/mol. The normalized spacial score (nSPS) is 14.0. The van der Waals surface area contributed by atoms with Crippen molar-refractivity contribution in [3.63, 3.8) is 0 Å². The number of amides is 1. The number of piperazine rings is 1. The third-order valence-corrected chi connectivity index (χ3v) is 6.09. The van der Waals surface area contributed by atoms with Gasteiger partial charge in [0.05, 0.1) is 0 Å². The van der Waals surface area contributed by atoms with Crippen molar-refractivity contribution in [3.8, 4) is 0 Å². The second kappa shape index (κ2) is 9.11. The first-order chi connectivity index (χ1) is 15.7. The molecule has 11 heteroatoms. The monoisotopic (exact) mass is 499 g/mol. The minimum absolute atomic E-state index is 0.0712. The molecule has 1 saturated heterocycles. The molecule has 0 unspecified atom stereocenters. The Balaban J connectivity index is 1.46. The highest BCUT2D eigenvalue weighted by atomic mass is 35.5. The number of anilines is 1. The summed E-state index contributed by atoms with van der Waals surface area (Å²) >= 11 is 11.5. The first-order valence-corrected chi connectivity index (χ1v) is 10.5. The molecule has 1 aliphatic rings. The third-order valence-electron chi connectivity index (χ3n) is 5.40. The van der Waals surface area contributed by atoms with E-state index in [1.165, 1.54) is 0 Å². The molecule has 3 aromatic carbocycles. The number of carbonyl (C=O) groups is 1. The summed E-state index contributed by atoms with van der Waals surface area (Å²) in [5.74, 6) is -10.4. The molecule has 0 atom stereocenters. The van der Waals surface area contributed by atoms with E-state index in [9.17, 15) is 26.7 Å². The number of nitrogens with zero attached hydrogens (tertiary/aromatic N) is 2. The van der Waals surface area contributed by atoms with Crippen LogP contribution in [0.5, 0.6) is 0 Å². The topological polar surface area (TPSA) is 35.6 Å². The third kappa shape index (κ3) is 4.20. The lowest BCUT2D eigenvalue weighted by atomic mass is 10.0. The molecule has 172 valence electrons. The van der Waals surface area contributed by atoms with Crippen molar-refractivity contribution in [3.05, 3.63) is 76.1 Å². The maximum atomic E-state index is 14.1. The zero-order chi connectivity index (χ0) is 23.9. The van der Waals surface area contributed by atoms with E-state index in [0.29, 0.717) is 21.4 Å². The Labute approximate surface area is 195 Å². The van der Waals surface area contributed by atoms with Crippen LogP contribution in [0.3, 0.4) is 0 Å². The van der Waals surface area contributed by atoms with Crippen molar-refractivity contribution in [1.29, 1.82) is 0 Å². The van der Waals surface area contributed by atoms with Crippen LogP contribution in [-0.2, 0) is 0 Å². The summed E-state index contributed by atoms with van der Waals surface area (Å²) < 4.78 is 68.5. The fourth-order valence-electron chi connectivity index (χ4n) is 3.72. The fourth-order valence-corrected chi connectivity index (χ4v) is 4.23. The molecule has 1 aliphatic heterocycles. The van der Waals surface area contributed by atoms with E-state index in [4.69, 9.17) is 23.8 Å². The Morgan fingerprint density at radius 2 is 1.36 bits per heavy atom. The van der Waals surface area contributed by atoms with Gasteiger partial charge >= 0.3 is 0 Å². The minimum atomic E-state index is -2.20. The van der Waals surface area contributed by atoms with Crippen LogP contribution in [0, 0.1) is 29.1 Å². The van der Waals surface area contributed by atoms with E-state index >= 15 is 0 Å². The van der Waals surface area contributed by atoms with Gasteiger partial charge in [-0.2, -0.15) is 0 Å². The SMILES string of the molecule is O=C(NC(=S)N1CCN(c2c(F)c(F)c(F)c(F)c2F)CC1)c1cccc2c(Cl)cccc12. The number of rotatable bonds is 2. The van der Waals surface area contributed by atoms with Crippen molar-refractivity contribution in [1.82, 2.24) is 10.2 Å². The van der Waals surface area contributed by atoms with Gasteiger partial charge in [-0.05, 0) is 29.7 Å². The van der Waals surface area contributed by atoms with Gasteiger partial charge in [-0.15, -0.1) is 0 Å². The van der Waals surface area contributed by atoms with Gasteiger partial charge in [-0.1, -0.05) is 35.9 Å². The van der Waals surface area contributed by atoms with Crippen molar-refractivity contribution in [2.24, 2.45) is 0 Å². The van der Waals surface area contributed by atoms with E-state index < -0.39 is 40.7 Å². The molecular formula is C22H15ClF5N3OS. The Kier molecular flexibility index (Phi) is 6.40. The second-order valence-corrected chi connectivity index (χ2v) is 8.09. The molecule has 0 spiro atoms. The second-order valence-electron chi connectivity index (χ2n) is 7.29. The van der Waals surface area contributed by atoms with Gasteiger partial charge < -0.3 is 9.80 Å². The van der Waals surface area contributed by atoms with Crippen LogP contribution in [0.4, 0.5) is 27.6 Å². The van der Waals surface area contributed by atoms with Gasteiger partial charge in [-0.3, -0.25) is 10.1 Å². The van der Waals surface area contributed by atoms with Crippen LogP contribution in [-0.4, -0.2) is 42.1 Å². The quantitative estimate of drug-likeness (QED) is 0.232. The molecule has 0 aromatic heterocycles. The lowest BCUT2D eigenvalue weighted by molar-refractivity contribution is 0.0974. The van der Waals surface area contributed by atoms with E-state index in [-0.39, 0.29) is 31.3 Å². The molecule has 0 saturated carbocycles. The molecule has 4 rings (SSSR count). The average molecular weight is 500 g/mol. The molecule has 0 bridgehead atoms. The molecule has 0 radical (unpaired) electrons. The van der Waals surface area contributed by atoms with Gasteiger partial charge in [-0.25, -0.2) is 22.0 Å². The standard InChI is InChI=1S/C22H15ClF5N3OS/c23-14-6-2-3-11-12(14)4-1-5-13(11)21(32)29-22(33)31-9-7-30(8-10-31)20-18(27)16(25)15(24)17(26)19(20)28/h1-6H,7-10H2,(H,29,32,33). The zero-order valence-corrected chi connectivity index (χ0v) is 18.3. The largest absolute Gasteiger partial charge is 0.363 e. The molecule has 33 heavy (non-hydrogen) atoms. The minimum Gasteiger partial charge on any atom is -0.363 e. The Bertz CT molecular complexity index is 1250. The molecule has 1 heterocycles. The Morgan fingerprint density at radius 1 is 0.818 bits per heavy atom. The smallest absolute Gasteiger partial charge is 0.258 e. The van der Waals surface area contributed by atoms with Gasteiger partial charge in [0, 0.05) is 42.2 Å². The lowest BCUT2D eigenvalue weighted by Gasteiger charge is -2.37. The number of hydrogen-bond donors (Lipinski definition) is 1. The number of carbonyl (C=O) groups excluding carboxylic acids is 1. The van der Waals surface area contributed by atoms with Crippen LogP contribution in [0.25, 0.3) is 10.8 Å². The number of benzene rings is 3. The van der Waals surface area contributed by atoms with Gasteiger partial charge in [0.25, 0.3) is 5.91 Å². The first-order valence-electron chi connectivity index (χ1n) is 9.74. The molecule has 1 amide bonds. The summed E-state index contributed by atoms with van der Waals surface area (Å²) in [5, 5.41) is 4.54. The van der Waals surface area contributed by atoms with Crippen LogP contribution in [0.1, 0.15) is 10.4 Å². The first kappa shape index (κ1) is 23.2. The van der Waals surface area contributed by atoms with Crippen molar-refractivity contribution in [2.75, 3.05) is 31.1 Å². The van der Waals surface area contributed by atoms with E-state index in [1.807, 2.05) is 0 Å². The molecule has 3 aromatic rings. The lowest BCUT2D eigenvalue weighted by Crippen LogP contribution is -2.53. The number of thiocarbonyl (C=S) groups is 1. The van der Waals surface area contributed by atoms with Crippen LogP contribution >= 0.6 is 23.8 Å². The summed E-state index contributed by atoms with van der Waals surface area (Å²) in [4.78, 5) is 15.4. The van der Waals surface area contributed by atoms with Gasteiger partial charge in [0.2, 0.25) is 5.82 Å². The van der Waals surface area contributed by atoms with Crippen LogP contribution in [0.15, 0.2) is 36.4 Å². The number of hydrogen-bond acceptors (Lipinski definition) is 3. The summed E-state index contributed by atoms with van der Waals surface area (Å²) in [6, 6.07) is 10.3. The molecule has 1 N–H and O–H groups in total. The number of nitrogens with one attached hydrogen (secondary N) is 1. The Hall–Kier alpha value is -2.98. The summed E-state index contributed by atoms with van der Waals surface area (Å²) in [6.07, 6.45) is 0. The van der Waals surface area contributed by atoms with Crippen molar-refractivity contribution in [2.45, 2.75) is 0 Å². The fraction of sp³-hybridized carbons (Fsp3) is 0.182. The van der Waals surface area contributed by atoms with Gasteiger partial charge in [0.15, 0.2) is 28.4 Å².